The zero-order valence-electron chi connectivity index (χ0n) is 16.4. The van der Waals surface area contributed by atoms with E-state index in [9.17, 15) is 9.36 Å². The molecular weight excluding hydrogens is 355 g/mol. The van der Waals surface area contributed by atoms with Crippen LogP contribution in [0.3, 0.4) is 0 Å². The van der Waals surface area contributed by atoms with Crippen molar-refractivity contribution in [2.45, 2.75) is 96.8 Å². The summed E-state index contributed by atoms with van der Waals surface area (Å²) >= 11 is 0. The van der Waals surface area contributed by atoms with E-state index in [2.05, 4.69) is 11.4 Å². The number of hydrogen-bond acceptors (Lipinski definition) is 4. The molecule has 0 rings (SSSR count). The molecule has 0 heterocycles. The highest BCUT2D eigenvalue weighted by Crippen LogP contribution is 2.35. The monoisotopic (exact) mass is 393 g/mol. The van der Waals surface area contributed by atoms with Gasteiger partial charge < -0.3 is 19.0 Å². The average molecular weight is 393 g/mol. The van der Waals surface area contributed by atoms with E-state index in [-0.39, 0.29) is 19.2 Å². The number of ether oxygens (including phenoxy) is 1. The van der Waals surface area contributed by atoms with Crippen LogP contribution in [0.2, 0.25) is 0 Å². The largest absolute Gasteiger partial charge is 0.499 e. The van der Waals surface area contributed by atoms with Gasteiger partial charge in [-0.2, -0.15) is 0 Å². The Hall–Kier alpha value is -0.420. The van der Waals surface area contributed by atoms with Gasteiger partial charge in [0.2, 0.25) is 0 Å². The maximum Gasteiger partial charge on any atom is 0.467 e. The minimum Gasteiger partial charge on any atom is -0.499 e. The van der Waals surface area contributed by atoms with Crippen LogP contribution in [0.25, 0.3) is 0 Å². The number of esters is 1. The Morgan fingerprint density at radius 3 is 1.73 bits per heavy atom. The zero-order valence-corrected chi connectivity index (χ0v) is 17.3. The summed E-state index contributed by atoms with van der Waals surface area (Å²) in [6, 6.07) is 0. The molecule has 0 aliphatic carbocycles. The van der Waals surface area contributed by atoms with E-state index in [1.807, 2.05) is 0 Å². The topological polar surface area (TPSA) is 93.1 Å². The molecule has 6 nitrogen and oxygen atoms in total. The summed E-state index contributed by atoms with van der Waals surface area (Å²) in [5.41, 5.74) is 0. The van der Waals surface area contributed by atoms with Crippen LogP contribution < -0.4 is 0 Å². The first kappa shape index (κ1) is 25.6. The molecule has 0 atom stereocenters. The summed E-state index contributed by atoms with van der Waals surface area (Å²) in [4.78, 5) is 28.4. The van der Waals surface area contributed by atoms with Crippen molar-refractivity contribution in [2.75, 3.05) is 13.2 Å². The molecule has 0 aliphatic heterocycles. The van der Waals surface area contributed by atoms with Gasteiger partial charge in [0.25, 0.3) is 0 Å². The maximum absolute atomic E-state index is 11.5. The Morgan fingerprint density at radius 2 is 1.27 bits per heavy atom. The lowest BCUT2D eigenvalue weighted by Crippen LogP contribution is -2.08. The normalized spacial score (nSPS) is 11.7. The second-order valence-corrected chi connectivity index (χ2v) is 7.99. The SMILES string of the molecule is CCCCCCCCCCCCCCCC(=O)OC[CH-]COP(=O)(O)O. The fourth-order valence-electron chi connectivity index (χ4n) is 2.71. The summed E-state index contributed by atoms with van der Waals surface area (Å²) in [5.74, 6) is -0.277. The van der Waals surface area contributed by atoms with E-state index in [1.54, 1.807) is 0 Å². The highest BCUT2D eigenvalue weighted by Gasteiger charge is 2.09. The van der Waals surface area contributed by atoms with Crippen LogP contribution in [0.5, 0.6) is 0 Å². The van der Waals surface area contributed by atoms with E-state index in [0.717, 1.165) is 19.3 Å². The molecule has 0 aromatic rings. The Morgan fingerprint density at radius 1 is 0.808 bits per heavy atom. The Balaban J connectivity index is 3.20. The molecule has 2 N–H and O–H groups in total. The minimum absolute atomic E-state index is 0.0112. The number of phosphoric acid groups is 1. The van der Waals surface area contributed by atoms with Gasteiger partial charge in [-0.25, -0.2) is 4.57 Å². The summed E-state index contributed by atoms with van der Waals surface area (Å²) in [6.45, 7) is 2.02. The minimum atomic E-state index is -4.45. The highest BCUT2D eigenvalue weighted by molar-refractivity contribution is 7.46. The fraction of sp³-hybridized carbons (Fsp3) is 0.895. The predicted octanol–water partition coefficient (Wildman–Crippen LogP) is 5.32. The summed E-state index contributed by atoms with van der Waals surface area (Å²) < 4.78 is 19.6. The van der Waals surface area contributed by atoms with Gasteiger partial charge in [0.05, 0.1) is 0 Å². The first-order chi connectivity index (χ1) is 12.5. The second kappa shape index (κ2) is 18.0. The number of unbranched alkanes of at least 4 members (excludes halogenated alkanes) is 12. The number of phosphoric ester groups is 1. The van der Waals surface area contributed by atoms with Crippen molar-refractivity contribution in [3.63, 3.8) is 0 Å². The van der Waals surface area contributed by atoms with Gasteiger partial charge in [0.15, 0.2) is 0 Å². The Bertz CT molecular complexity index is 369. The van der Waals surface area contributed by atoms with Gasteiger partial charge in [-0.3, -0.25) is 11.2 Å². The molecule has 0 bridgehead atoms. The van der Waals surface area contributed by atoms with Gasteiger partial charge in [0.1, 0.15) is 0 Å². The van der Waals surface area contributed by atoms with Crippen LogP contribution in [0.1, 0.15) is 96.8 Å². The smallest absolute Gasteiger partial charge is 0.467 e. The van der Waals surface area contributed by atoms with Crippen molar-refractivity contribution < 1.29 is 28.4 Å². The fourth-order valence-corrected chi connectivity index (χ4v) is 3.01. The number of hydrogen-bond donors (Lipinski definition) is 2. The van der Waals surface area contributed by atoms with Gasteiger partial charge in [-0.1, -0.05) is 90.6 Å². The van der Waals surface area contributed by atoms with Crippen LogP contribution in [-0.2, 0) is 18.6 Å². The van der Waals surface area contributed by atoms with Gasteiger partial charge >= 0.3 is 13.8 Å². The van der Waals surface area contributed by atoms with Crippen LogP contribution in [0.15, 0.2) is 0 Å². The highest BCUT2D eigenvalue weighted by atomic mass is 31.2. The first-order valence-corrected chi connectivity index (χ1v) is 11.7. The molecule has 0 saturated carbocycles. The van der Waals surface area contributed by atoms with Crippen molar-refractivity contribution in [2.24, 2.45) is 0 Å². The van der Waals surface area contributed by atoms with Crippen molar-refractivity contribution in [1.29, 1.82) is 0 Å². The standard InChI is InChI=1S/C19H38O6P/c1-2-3-4-5-6-7-8-9-10-11-12-13-14-16-19(20)24-17-15-18-25-26(21,22)23/h15H,2-14,16-18H2,1H3,(H2,21,22,23)/q-1. The number of carbonyl (C=O) groups is 1. The maximum atomic E-state index is 11.5. The van der Waals surface area contributed by atoms with E-state index in [0.29, 0.717) is 6.42 Å². The quantitative estimate of drug-likeness (QED) is 0.133. The third-order valence-electron chi connectivity index (χ3n) is 4.21. The molecule has 0 radical (unpaired) electrons. The van der Waals surface area contributed by atoms with Crippen LogP contribution in [0, 0.1) is 6.42 Å². The molecule has 0 aromatic carbocycles. The van der Waals surface area contributed by atoms with Gasteiger partial charge in [-0.05, 0) is 13.0 Å². The van der Waals surface area contributed by atoms with Crippen molar-refractivity contribution in [1.82, 2.24) is 0 Å². The Kier molecular flexibility index (Phi) is 17.7. The zero-order chi connectivity index (χ0) is 19.5. The molecular formula is C19H38O6P-. The molecule has 0 aliphatic rings. The molecule has 0 unspecified atom stereocenters. The van der Waals surface area contributed by atoms with Crippen molar-refractivity contribution in [3.05, 3.63) is 6.42 Å². The molecule has 26 heavy (non-hydrogen) atoms. The number of rotatable bonds is 19. The van der Waals surface area contributed by atoms with Crippen LogP contribution in [0.4, 0.5) is 0 Å². The van der Waals surface area contributed by atoms with E-state index >= 15 is 0 Å². The molecule has 156 valence electrons. The lowest BCUT2D eigenvalue weighted by atomic mass is 10.0. The molecule has 0 fully saturated rings. The van der Waals surface area contributed by atoms with E-state index in [4.69, 9.17) is 14.5 Å². The van der Waals surface area contributed by atoms with E-state index in [1.165, 1.54) is 70.6 Å². The van der Waals surface area contributed by atoms with Gasteiger partial charge in [0, 0.05) is 6.42 Å². The van der Waals surface area contributed by atoms with Crippen LogP contribution >= 0.6 is 7.82 Å². The molecule has 7 heteroatoms. The third kappa shape index (κ3) is 21.6. The van der Waals surface area contributed by atoms with Crippen LogP contribution in [-0.4, -0.2) is 29.0 Å². The summed E-state index contributed by atoms with van der Waals surface area (Å²) in [7, 11) is -4.45. The average Bonchev–Trinajstić information content (AvgIpc) is 2.57. The first-order valence-electron chi connectivity index (χ1n) is 10.1. The molecule has 0 amide bonds. The molecule has 0 aromatic heterocycles. The lowest BCUT2D eigenvalue weighted by molar-refractivity contribution is -0.143. The molecule has 0 saturated heterocycles. The number of carbonyl (C=O) groups excluding carboxylic acids is 1. The summed E-state index contributed by atoms with van der Waals surface area (Å²) in [5, 5.41) is 0. The van der Waals surface area contributed by atoms with Gasteiger partial charge in [-0.15, -0.1) is 0 Å². The van der Waals surface area contributed by atoms with E-state index < -0.39 is 7.82 Å². The van der Waals surface area contributed by atoms with Crippen molar-refractivity contribution >= 4 is 13.8 Å². The lowest BCUT2D eigenvalue weighted by Gasteiger charge is -2.13. The second-order valence-electron chi connectivity index (χ2n) is 6.75. The molecule has 0 spiro atoms. The Labute approximate surface area is 159 Å². The van der Waals surface area contributed by atoms with Crippen molar-refractivity contribution in [3.8, 4) is 0 Å². The summed E-state index contributed by atoms with van der Waals surface area (Å²) in [6.07, 6.45) is 18.2. The third-order valence-corrected chi connectivity index (χ3v) is 4.69. The predicted molar refractivity (Wildman–Crippen MR) is 104 cm³/mol.